The number of nitrogens with zero attached hydrogens (tertiary/aromatic N) is 3. The molecule has 6 nitrogen and oxygen atoms in total. The standard InChI is InChI=1S/C20H16ClN3O3S2/c21-13-7-9-14(10-8-13)29(26,27)24-11-3-5-17(24)19(25)15(12-22)20-23-16-4-1-2-6-18(16)28-20/h1-2,4,6-10,15,17H,3,5,11H2. The van der Waals surface area contributed by atoms with Crippen LogP contribution < -0.4 is 0 Å². The highest BCUT2D eigenvalue weighted by molar-refractivity contribution is 7.89. The Hall–Kier alpha value is -2.31. The molecule has 1 aliphatic rings. The summed E-state index contributed by atoms with van der Waals surface area (Å²) < 4.78 is 28.3. The fraction of sp³-hybridized carbons (Fsp3) is 0.250. The number of carbonyl (C=O) groups is 1. The molecule has 2 aromatic carbocycles. The summed E-state index contributed by atoms with van der Waals surface area (Å²) in [6, 6.07) is 14.4. The van der Waals surface area contributed by atoms with E-state index in [1.807, 2.05) is 30.3 Å². The molecule has 1 fully saturated rings. The van der Waals surface area contributed by atoms with Gasteiger partial charge in [0.25, 0.3) is 0 Å². The van der Waals surface area contributed by atoms with Crippen molar-refractivity contribution in [1.82, 2.24) is 9.29 Å². The zero-order chi connectivity index (χ0) is 20.6. The van der Waals surface area contributed by atoms with E-state index < -0.39 is 27.8 Å². The van der Waals surface area contributed by atoms with Crippen LogP contribution in [0, 0.1) is 11.3 Å². The maximum absolute atomic E-state index is 13.2. The quantitative estimate of drug-likeness (QED) is 0.592. The van der Waals surface area contributed by atoms with Gasteiger partial charge in [0.1, 0.15) is 5.01 Å². The zero-order valence-electron chi connectivity index (χ0n) is 15.2. The summed E-state index contributed by atoms with van der Waals surface area (Å²) in [5.41, 5.74) is 0.720. The van der Waals surface area contributed by atoms with Crippen molar-refractivity contribution in [2.24, 2.45) is 0 Å². The molecule has 0 radical (unpaired) electrons. The minimum Gasteiger partial charge on any atom is -0.296 e. The zero-order valence-corrected chi connectivity index (χ0v) is 17.5. The Bertz CT molecular complexity index is 1180. The van der Waals surface area contributed by atoms with Crippen LogP contribution >= 0.6 is 22.9 Å². The Labute approximate surface area is 177 Å². The molecule has 2 atom stereocenters. The van der Waals surface area contributed by atoms with Crippen molar-refractivity contribution < 1.29 is 13.2 Å². The third-order valence-electron chi connectivity index (χ3n) is 4.92. The normalized spacial score (nSPS) is 18.6. The topological polar surface area (TPSA) is 91.1 Å². The minimum atomic E-state index is -3.87. The second-order valence-corrected chi connectivity index (χ2v) is 10.1. The van der Waals surface area contributed by atoms with Gasteiger partial charge in [-0.3, -0.25) is 4.79 Å². The lowest BCUT2D eigenvalue weighted by Crippen LogP contribution is -2.42. The molecule has 9 heteroatoms. The number of para-hydroxylation sites is 1. The average molecular weight is 446 g/mol. The van der Waals surface area contributed by atoms with E-state index in [2.05, 4.69) is 4.98 Å². The number of fused-ring (bicyclic) bond motifs is 1. The van der Waals surface area contributed by atoms with Gasteiger partial charge in [-0.2, -0.15) is 9.57 Å². The molecule has 148 valence electrons. The monoisotopic (exact) mass is 445 g/mol. The highest BCUT2D eigenvalue weighted by Gasteiger charge is 2.42. The molecule has 2 unspecified atom stereocenters. The second kappa shape index (κ2) is 7.84. The largest absolute Gasteiger partial charge is 0.296 e. The molecule has 0 spiro atoms. The van der Waals surface area contributed by atoms with E-state index in [0.29, 0.717) is 22.9 Å². The van der Waals surface area contributed by atoms with Crippen LogP contribution in [0.3, 0.4) is 0 Å². The molecule has 0 saturated carbocycles. The first-order valence-corrected chi connectivity index (χ1v) is 11.6. The molecule has 1 saturated heterocycles. The molecule has 0 amide bonds. The van der Waals surface area contributed by atoms with Crippen molar-refractivity contribution in [3.63, 3.8) is 0 Å². The Morgan fingerprint density at radius 2 is 1.97 bits per heavy atom. The number of sulfonamides is 1. The molecule has 3 aromatic rings. The number of carbonyl (C=O) groups excluding carboxylic acids is 1. The summed E-state index contributed by atoms with van der Waals surface area (Å²) in [4.78, 5) is 17.7. The Morgan fingerprint density at radius 3 is 2.66 bits per heavy atom. The number of thiazole rings is 1. The summed E-state index contributed by atoms with van der Waals surface area (Å²) in [5, 5.41) is 10.5. The Balaban J connectivity index is 1.66. The summed E-state index contributed by atoms with van der Waals surface area (Å²) in [5.74, 6) is -1.53. The molecule has 0 N–H and O–H groups in total. The van der Waals surface area contributed by atoms with Crippen molar-refractivity contribution in [2.75, 3.05) is 6.54 Å². The fourth-order valence-electron chi connectivity index (χ4n) is 3.50. The molecule has 0 bridgehead atoms. The lowest BCUT2D eigenvalue weighted by Gasteiger charge is -2.24. The molecule has 0 aliphatic carbocycles. The fourth-order valence-corrected chi connectivity index (χ4v) is 6.31. The molecule has 4 rings (SSSR count). The van der Waals surface area contributed by atoms with Crippen molar-refractivity contribution in [1.29, 1.82) is 5.26 Å². The number of halogens is 1. The van der Waals surface area contributed by atoms with Gasteiger partial charge in [0.15, 0.2) is 11.7 Å². The number of nitriles is 1. The summed E-state index contributed by atoms with van der Waals surface area (Å²) in [7, 11) is -3.87. The summed E-state index contributed by atoms with van der Waals surface area (Å²) in [6.07, 6.45) is 0.940. The van der Waals surface area contributed by atoms with E-state index >= 15 is 0 Å². The van der Waals surface area contributed by atoms with E-state index in [1.54, 1.807) is 0 Å². The number of rotatable bonds is 5. The van der Waals surface area contributed by atoms with E-state index in [1.165, 1.54) is 39.9 Å². The van der Waals surface area contributed by atoms with Crippen molar-refractivity contribution >= 4 is 49.0 Å². The lowest BCUT2D eigenvalue weighted by atomic mass is 9.99. The smallest absolute Gasteiger partial charge is 0.243 e. The van der Waals surface area contributed by atoms with Gasteiger partial charge in [0, 0.05) is 11.6 Å². The predicted octanol–water partition coefficient (Wildman–Crippen LogP) is 3.98. The van der Waals surface area contributed by atoms with Gasteiger partial charge in [-0.1, -0.05) is 23.7 Å². The number of Topliss-reactive ketones (excluding diaryl/α,β-unsaturated/α-hetero) is 1. The molecule has 2 heterocycles. The van der Waals surface area contributed by atoms with Crippen LogP contribution in [0.25, 0.3) is 10.2 Å². The highest BCUT2D eigenvalue weighted by Crippen LogP contribution is 2.33. The van der Waals surface area contributed by atoms with Gasteiger partial charge in [0.2, 0.25) is 10.0 Å². The molecular formula is C20H16ClN3O3S2. The highest BCUT2D eigenvalue weighted by atomic mass is 35.5. The summed E-state index contributed by atoms with van der Waals surface area (Å²) >= 11 is 7.14. The van der Waals surface area contributed by atoms with E-state index in [0.717, 1.165) is 10.2 Å². The van der Waals surface area contributed by atoms with Gasteiger partial charge >= 0.3 is 0 Å². The van der Waals surface area contributed by atoms with Crippen LogP contribution in [0.2, 0.25) is 5.02 Å². The van der Waals surface area contributed by atoms with Gasteiger partial charge in [-0.15, -0.1) is 11.3 Å². The Morgan fingerprint density at radius 1 is 1.24 bits per heavy atom. The van der Waals surface area contributed by atoms with Gasteiger partial charge in [-0.05, 0) is 49.2 Å². The van der Waals surface area contributed by atoms with Crippen molar-refractivity contribution in [3.05, 3.63) is 58.6 Å². The summed E-state index contributed by atoms with van der Waals surface area (Å²) in [6.45, 7) is 0.235. The molecule has 1 aromatic heterocycles. The number of benzene rings is 2. The predicted molar refractivity (Wildman–Crippen MR) is 111 cm³/mol. The van der Waals surface area contributed by atoms with E-state index in [9.17, 15) is 18.5 Å². The van der Waals surface area contributed by atoms with Crippen LogP contribution in [-0.4, -0.2) is 36.1 Å². The first-order valence-electron chi connectivity index (χ1n) is 8.98. The van der Waals surface area contributed by atoms with Crippen LogP contribution in [-0.2, 0) is 14.8 Å². The number of ketones is 1. The van der Waals surface area contributed by atoms with Crippen molar-refractivity contribution in [2.45, 2.75) is 29.7 Å². The van der Waals surface area contributed by atoms with Crippen LogP contribution in [0.5, 0.6) is 0 Å². The Kier molecular flexibility index (Phi) is 5.40. The number of hydrogen-bond donors (Lipinski definition) is 0. The van der Waals surface area contributed by atoms with Crippen LogP contribution in [0.1, 0.15) is 23.8 Å². The van der Waals surface area contributed by atoms with E-state index in [4.69, 9.17) is 11.6 Å². The SMILES string of the molecule is N#CC(C(=O)C1CCCN1S(=O)(=O)c1ccc(Cl)cc1)c1nc2ccccc2s1. The maximum atomic E-state index is 13.2. The average Bonchev–Trinajstić information content (AvgIpc) is 3.36. The van der Waals surface area contributed by atoms with Crippen LogP contribution in [0.15, 0.2) is 53.4 Å². The molecule has 1 aliphatic heterocycles. The minimum absolute atomic E-state index is 0.0788. The van der Waals surface area contributed by atoms with E-state index in [-0.39, 0.29) is 11.4 Å². The van der Waals surface area contributed by atoms with Gasteiger partial charge < -0.3 is 0 Å². The van der Waals surface area contributed by atoms with Gasteiger partial charge in [0.05, 0.1) is 27.2 Å². The number of hydrogen-bond acceptors (Lipinski definition) is 6. The third kappa shape index (κ3) is 3.67. The number of aromatic nitrogens is 1. The lowest BCUT2D eigenvalue weighted by molar-refractivity contribution is -0.122. The van der Waals surface area contributed by atoms with Gasteiger partial charge in [-0.25, -0.2) is 13.4 Å². The first-order chi connectivity index (χ1) is 13.9. The maximum Gasteiger partial charge on any atom is 0.243 e. The first kappa shape index (κ1) is 20.0. The third-order valence-corrected chi connectivity index (χ3v) is 8.20. The molecule has 29 heavy (non-hydrogen) atoms. The molecular weight excluding hydrogens is 430 g/mol. The van der Waals surface area contributed by atoms with Crippen molar-refractivity contribution in [3.8, 4) is 6.07 Å². The van der Waals surface area contributed by atoms with Crippen LogP contribution in [0.4, 0.5) is 0 Å². The second-order valence-electron chi connectivity index (χ2n) is 6.71.